The fourth-order valence-electron chi connectivity index (χ4n) is 4.20. The average Bonchev–Trinajstić information content (AvgIpc) is 2.63. The van der Waals surface area contributed by atoms with Crippen molar-refractivity contribution in [1.82, 2.24) is 9.80 Å². The summed E-state index contributed by atoms with van der Waals surface area (Å²) in [5, 5.41) is 11.0. The minimum Gasteiger partial charge on any atom is -0.444 e. The number of ether oxygens (including phenoxy) is 1. The molecule has 0 aliphatic carbocycles. The lowest BCUT2D eigenvalue weighted by molar-refractivity contribution is -0.384. The number of nitro benzene ring substituents is 1. The van der Waals surface area contributed by atoms with E-state index in [-0.39, 0.29) is 16.7 Å². The Hall–Kier alpha value is -2.15. The van der Waals surface area contributed by atoms with E-state index >= 15 is 0 Å². The monoisotopic (exact) mass is 389 g/mol. The summed E-state index contributed by atoms with van der Waals surface area (Å²) in [6.07, 6.45) is 4.08. The van der Waals surface area contributed by atoms with Gasteiger partial charge in [-0.05, 0) is 70.5 Å². The summed E-state index contributed by atoms with van der Waals surface area (Å²) in [5.74, 6) is 0. The molecule has 0 aromatic heterocycles. The zero-order valence-electron chi connectivity index (χ0n) is 17.1. The molecule has 1 aromatic rings. The predicted octanol–water partition coefficient (Wildman–Crippen LogP) is 4.21. The Kier molecular flexibility index (Phi) is 5.93. The molecule has 2 heterocycles. The van der Waals surface area contributed by atoms with Crippen molar-refractivity contribution in [2.24, 2.45) is 5.41 Å². The van der Waals surface area contributed by atoms with E-state index in [4.69, 9.17) is 4.74 Å². The van der Waals surface area contributed by atoms with Gasteiger partial charge in [0.25, 0.3) is 5.69 Å². The molecular formula is C21H31N3O4. The van der Waals surface area contributed by atoms with Crippen LogP contribution in [-0.4, -0.2) is 52.6 Å². The van der Waals surface area contributed by atoms with Crippen LogP contribution in [0.25, 0.3) is 0 Å². The third kappa shape index (κ3) is 5.22. The van der Waals surface area contributed by atoms with Crippen molar-refractivity contribution in [1.29, 1.82) is 0 Å². The summed E-state index contributed by atoms with van der Waals surface area (Å²) in [5.41, 5.74) is 1.01. The fraction of sp³-hybridized carbons (Fsp3) is 0.667. The van der Waals surface area contributed by atoms with E-state index in [1.807, 2.05) is 31.7 Å². The Morgan fingerprint density at radius 3 is 2.32 bits per heavy atom. The highest BCUT2D eigenvalue weighted by Crippen LogP contribution is 2.41. The van der Waals surface area contributed by atoms with Crippen molar-refractivity contribution in [3.63, 3.8) is 0 Å². The molecule has 0 unspecified atom stereocenters. The number of piperidine rings is 2. The van der Waals surface area contributed by atoms with Gasteiger partial charge in [0.2, 0.25) is 0 Å². The molecule has 0 radical (unpaired) electrons. The molecular weight excluding hydrogens is 358 g/mol. The molecule has 1 aromatic carbocycles. The number of hydrogen-bond donors (Lipinski definition) is 0. The molecule has 2 aliphatic rings. The molecule has 0 saturated carbocycles. The first kappa shape index (κ1) is 20.6. The molecule has 2 fully saturated rings. The Bertz CT molecular complexity index is 711. The van der Waals surface area contributed by atoms with Gasteiger partial charge < -0.3 is 9.64 Å². The van der Waals surface area contributed by atoms with Crippen LogP contribution in [0.15, 0.2) is 24.3 Å². The number of non-ortho nitro benzene ring substituents is 1. The molecule has 28 heavy (non-hydrogen) atoms. The molecule has 3 rings (SSSR count). The molecule has 2 saturated heterocycles. The van der Waals surface area contributed by atoms with Gasteiger partial charge >= 0.3 is 6.09 Å². The van der Waals surface area contributed by atoms with Crippen molar-refractivity contribution in [3.05, 3.63) is 39.9 Å². The first-order valence-corrected chi connectivity index (χ1v) is 10.1. The number of carbonyl (C=O) groups excluding carboxylic acids is 1. The maximum atomic E-state index is 12.3. The van der Waals surface area contributed by atoms with Crippen LogP contribution in [0.1, 0.15) is 52.0 Å². The van der Waals surface area contributed by atoms with Crippen LogP contribution < -0.4 is 0 Å². The van der Waals surface area contributed by atoms with Gasteiger partial charge in [-0.3, -0.25) is 15.0 Å². The van der Waals surface area contributed by atoms with E-state index in [0.29, 0.717) is 5.41 Å². The quantitative estimate of drug-likeness (QED) is 0.572. The Balaban J connectivity index is 1.49. The number of hydrogen-bond acceptors (Lipinski definition) is 5. The van der Waals surface area contributed by atoms with Crippen LogP contribution in [0.2, 0.25) is 0 Å². The maximum absolute atomic E-state index is 12.3. The van der Waals surface area contributed by atoms with Crippen LogP contribution in [-0.2, 0) is 11.3 Å². The first-order chi connectivity index (χ1) is 13.2. The number of amides is 1. The third-order valence-electron chi connectivity index (χ3n) is 5.92. The van der Waals surface area contributed by atoms with Crippen molar-refractivity contribution < 1.29 is 14.5 Å². The van der Waals surface area contributed by atoms with Crippen LogP contribution >= 0.6 is 0 Å². The lowest BCUT2D eigenvalue weighted by Gasteiger charge is -2.46. The number of nitro groups is 1. The van der Waals surface area contributed by atoms with E-state index < -0.39 is 5.60 Å². The molecule has 7 heteroatoms. The van der Waals surface area contributed by atoms with Gasteiger partial charge in [0.1, 0.15) is 5.60 Å². The highest BCUT2D eigenvalue weighted by Gasteiger charge is 2.39. The largest absolute Gasteiger partial charge is 0.444 e. The standard InChI is InChI=1S/C21H31N3O4/c1-20(2,3)28-19(25)23-13-9-21(10-14-23)7-11-22(12-8-21)16-17-5-4-6-18(15-17)24(26)27/h4-6,15H,7-14,16H2,1-3H3. The fourth-order valence-corrected chi connectivity index (χ4v) is 4.20. The van der Waals surface area contributed by atoms with Crippen LogP contribution in [0.5, 0.6) is 0 Å². The highest BCUT2D eigenvalue weighted by molar-refractivity contribution is 5.68. The minimum atomic E-state index is -0.454. The number of nitrogens with zero attached hydrogens (tertiary/aromatic N) is 3. The van der Waals surface area contributed by atoms with Gasteiger partial charge in [-0.2, -0.15) is 0 Å². The lowest BCUT2D eigenvalue weighted by atomic mass is 9.71. The molecule has 0 N–H and O–H groups in total. The van der Waals surface area contributed by atoms with E-state index in [9.17, 15) is 14.9 Å². The normalized spacial score (nSPS) is 20.2. The maximum Gasteiger partial charge on any atom is 0.410 e. The first-order valence-electron chi connectivity index (χ1n) is 10.1. The second kappa shape index (κ2) is 8.07. The van der Waals surface area contributed by atoms with Gasteiger partial charge in [0.15, 0.2) is 0 Å². The summed E-state index contributed by atoms with van der Waals surface area (Å²) in [6, 6.07) is 6.92. The summed E-state index contributed by atoms with van der Waals surface area (Å²) >= 11 is 0. The van der Waals surface area contributed by atoms with Crippen molar-refractivity contribution in [2.75, 3.05) is 26.2 Å². The Morgan fingerprint density at radius 1 is 1.14 bits per heavy atom. The van der Waals surface area contributed by atoms with Crippen molar-refractivity contribution >= 4 is 11.8 Å². The number of benzene rings is 1. The lowest BCUT2D eigenvalue weighted by Crippen LogP contribution is -2.49. The Morgan fingerprint density at radius 2 is 1.75 bits per heavy atom. The van der Waals surface area contributed by atoms with Gasteiger partial charge in [0.05, 0.1) is 4.92 Å². The molecule has 1 spiro atoms. The number of likely N-dealkylation sites (tertiary alicyclic amines) is 2. The zero-order valence-corrected chi connectivity index (χ0v) is 17.1. The van der Waals surface area contributed by atoms with Crippen LogP contribution in [0, 0.1) is 15.5 Å². The van der Waals surface area contributed by atoms with Crippen LogP contribution in [0.4, 0.5) is 10.5 Å². The summed E-state index contributed by atoms with van der Waals surface area (Å²) in [4.78, 5) is 27.1. The van der Waals surface area contributed by atoms with E-state index in [1.54, 1.807) is 12.1 Å². The van der Waals surface area contributed by atoms with Crippen molar-refractivity contribution in [3.8, 4) is 0 Å². The highest BCUT2D eigenvalue weighted by atomic mass is 16.6. The van der Waals surface area contributed by atoms with Crippen molar-refractivity contribution in [2.45, 2.75) is 58.6 Å². The van der Waals surface area contributed by atoms with Crippen LogP contribution in [0.3, 0.4) is 0 Å². The summed E-state index contributed by atoms with van der Waals surface area (Å²) in [7, 11) is 0. The minimum absolute atomic E-state index is 0.153. The summed E-state index contributed by atoms with van der Waals surface area (Å²) < 4.78 is 5.49. The third-order valence-corrected chi connectivity index (χ3v) is 5.92. The van der Waals surface area contributed by atoms with Gasteiger partial charge in [-0.15, -0.1) is 0 Å². The molecule has 154 valence electrons. The Labute approximate surface area is 166 Å². The predicted molar refractivity (Wildman–Crippen MR) is 107 cm³/mol. The topological polar surface area (TPSA) is 75.9 Å². The van der Waals surface area contributed by atoms with Gasteiger partial charge in [-0.1, -0.05) is 12.1 Å². The van der Waals surface area contributed by atoms with E-state index in [2.05, 4.69) is 4.90 Å². The smallest absolute Gasteiger partial charge is 0.410 e. The van der Waals surface area contributed by atoms with Gasteiger partial charge in [-0.25, -0.2) is 4.79 Å². The summed E-state index contributed by atoms with van der Waals surface area (Å²) in [6.45, 7) is 9.96. The average molecular weight is 389 g/mol. The molecule has 7 nitrogen and oxygen atoms in total. The molecule has 2 aliphatic heterocycles. The molecule has 0 atom stereocenters. The zero-order chi connectivity index (χ0) is 20.4. The number of rotatable bonds is 3. The van der Waals surface area contributed by atoms with Gasteiger partial charge in [0, 0.05) is 31.8 Å². The van der Waals surface area contributed by atoms with E-state index in [0.717, 1.165) is 64.0 Å². The second-order valence-corrected chi connectivity index (χ2v) is 9.17. The SMILES string of the molecule is CC(C)(C)OC(=O)N1CCC2(CCN(Cc3cccc([N+](=O)[O-])c3)CC2)CC1. The van der Waals surface area contributed by atoms with E-state index in [1.165, 1.54) is 6.07 Å². The second-order valence-electron chi connectivity index (χ2n) is 9.17. The number of carbonyl (C=O) groups is 1. The molecule has 0 bridgehead atoms. The molecule has 1 amide bonds.